The molecule has 2 amide bonds. The van der Waals surface area contributed by atoms with Crippen LogP contribution in [0.2, 0.25) is 0 Å². The van der Waals surface area contributed by atoms with Crippen LogP contribution in [0, 0.1) is 10.1 Å². The molecule has 0 bridgehead atoms. The van der Waals surface area contributed by atoms with Gasteiger partial charge in [0, 0.05) is 11.3 Å². The highest BCUT2D eigenvalue weighted by Gasteiger charge is 2.39. The van der Waals surface area contributed by atoms with Gasteiger partial charge in [-0.15, -0.1) is 0 Å². The zero-order valence-corrected chi connectivity index (χ0v) is 20.4. The molecule has 192 valence electrons. The van der Waals surface area contributed by atoms with Crippen LogP contribution >= 0.6 is 0 Å². The Morgan fingerprint density at radius 3 is 2.38 bits per heavy atom. The Bertz CT molecular complexity index is 1230. The van der Waals surface area contributed by atoms with E-state index in [2.05, 4.69) is 0 Å². The molecule has 0 aromatic heterocycles. The monoisotopic (exact) mass is 504 g/mol. The van der Waals surface area contributed by atoms with E-state index in [1.807, 2.05) is 60.7 Å². The molecule has 4 rings (SSSR count). The number of hydrogen-bond donors (Lipinski definition) is 0. The highest BCUT2D eigenvalue weighted by atomic mass is 16.6. The molecule has 0 spiro atoms. The minimum Gasteiger partial charge on any atom is -0.493 e. The summed E-state index contributed by atoms with van der Waals surface area (Å²) in [6.07, 6.45) is -0.517. The Hall–Kier alpha value is -4.40. The van der Waals surface area contributed by atoms with Gasteiger partial charge < -0.3 is 14.2 Å². The van der Waals surface area contributed by atoms with Crippen molar-refractivity contribution >= 4 is 12.0 Å². The van der Waals surface area contributed by atoms with E-state index in [0.717, 1.165) is 16.0 Å². The molecule has 1 heterocycles. The van der Waals surface area contributed by atoms with Crippen molar-refractivity contribution in [1.29, 1.82) is 0 Å². The molecule has 9 heteroatoms. The number of cyclic esters (lactones) is 1. The molecule has 1 aliphatic heterocycles. The summed E-state index contributed by atoms with van der Waals surface area (Å²) in [6.45, 7) is -0.123. The molecule has 0 N–H and O–H groups in total. The Labute approximate surface area is 214 Å². The number of carbonyl (C=O) groups excluding carboxylic acids is 2. The maximum atomic E-state index is 13.3. The Kier molecular flexibility index (Phi) is 8.35. The van der Waals surface area contributed by atoms with E-state index in [0.29, 0.717) is 23.5 Å². The standard InChI is InChI=1S/C28H28N2O7/c1-35-25-13-12-22(15-26(25)36-18-21-10-6-3-7-11-21)23(17-29(33)34)16-27(31)30-24(19-37-28(30)32)14-20-8-4-2-5-9-20/h2-13,15,23-24H,14,16-19H2,1H3/t23-,24-/m0/s1. The van der Waals surface area contributed by atoms with Gasteiger partial charge in [-0.2, -0.15) is 0 Å². The predicted molar refractivity (Wildman–Crippen MR) is 135 cm³/mol. The van der Waals surface area contributed by atoms with Gasteiger partial charge in [-0.1, -0.05) is 66.7 Å². The number of carbonyl (C=O) groups is 2. The third-order valence-electron chi connectivity index (χ3n) is 6.23. The van der Waals surface area contributed by atoms with Crippen molar-refractivity contribution in [2.45, 2.75) is 31.4 Å². The fourth-order valence-electron chi connectivity index (χ4n) is 4.37. The number of methoxy groups -OCH3 is 1. The van der Waals surface area contributed by atoms with Crippen LogP contribution in [0.25, 0.3) is 0 Å². The molecule has 1 aliphatic rings. The number of rotatable bonds is 11. The summed E-state index contributed by atoms with van der Waals surface area (Å²) in [5, 5.41) is 11.5. The topological polar surface area (TPSA) is 108 Å². The Balaban J connectivity index is 1.53. The molecular weight excluding hydrogens is 476 g/mol. The molecule has 2 atom stereocenters. The molecule has 0 unspecified atom stereocenters. The largest absolute Gasteiger partial charge is 0.493 e. The average Bonchev–Trinajstić information content (AvgIpc) is 3.27. The Morgan fingerprint density at radius 2 is 1.73 bits per heavy atom. The number of nitro groups is 1. The van der Waals surface area contributed by atoms with E-state index >= 15 is 0 Å². The van der Waals surface area contributed by atoms with Crippen molar-refractivity contribution < 1.29 is 28.7 Å². The molecule has 9 nitrogen and oxygen atoms in total. The summed E-state index contributed by atoms with van der Waals surface area (Å²) in [5.41, 5.74) is 2.45. The van der Waals surface area contributed by atoms with Crippen LogP contribution in [-0.2, 0) is 22.6 Å². The minimum absolute atomic E-state index is 0.0827. The number of amides is 2. The van der Waals surface area contributed by atoms with E-state index in [9.17, 15) is 19.7 Å². The van der Waals surface area contributed by atoms with Crippen LogP contribution in [0.15, 0.2) is 78.9 Å². The van der Waals surface area contributed by atoms with E-state index in [4.69, 9.17) is 14.2 Å². The van der Waals surface area contributed by atoms with Crippen molar-refractivity contribution in [3.63, 3.8) is 0 Å². The molecule has 0 radical (unpaired) electrons. The number of ether oxygens (including phenoxy) is 3. The SMILES string of the molecule is COc1ccc([C@@H](CC(=O)N2C(=O)OC[C@@H]2Cc2ccccc2)C[N+](=O)[O-])cc1OCc1ccccc1. The third-order valence-corrected chi connectivity index (χ3v) is 6.23. The lowest BCUT2D eigenvalue weighted by molar-refractivity contribution is -0.483. The van der Waals surface area contributed by atoms with Gasteiger partial charge in [0.25, 0.3) is 0 Å². The molecule has 3 aromatic rings. The second kappa shape index (κ2) is 12.0. The summed E-state index contributed by atoms with van der Waals surface area (Å²) in [4.78, 5) is 37.9. The maximum Gasteiger partial charge on any atom is 0.416 e. The van der Waals surface area contributed by atoms with Gasteiger partial charge in [0.05, 0.1) is 19.1 Å². The van der Waals surface area contributed by atoms with Gasteiger partial charge in [0.15, 0.2) is 11.5 Å². The third kappa shape index (κ3) is 6.63. The van der Waals surface area contributed by atoms with Crippen LogP contribution in [0.4, 0.5) is 4.79 Å². The quantitative estimate of drug-likeness (QED) is 0.277. The molecule has 37 heavy (non-hydrogen) atoms. The van der Waals surface area contributed by atoms with Crippen molar-refractivity contribution in [1.82, 2.24) is 4.90 Å². The first kappa shape index (κ1) is 25.7. The second-order valence-corrected chi connectivity index (χ2v) is 8.79. The van der Waals surface area contributed by atoms with Gasteiger partial charge >= 0.3 is 6.09 Å². The summed E-state index contributed by atoms with van der Waals surface area (Å²) in [7, 11) is 1.51. The van der Waals surface area contributed by atoms with Crippen LogP contribution in [0.1, 0.15) is 29.0 Å². The van der Waals surface area contributed by atoms with Gasteiger partial charge in [-0.05, 0) is 35.2 Å². The lowest BCUT2D eigenvalue weighted by Crippen LogP contribution is -2.41. The van der Waals surface area contributed by atoms with E-state index in [1.54, 1.807) is 18.2 Å². The number of imide groups is 1. The number of benzene rings is 3. The first-order valence-corrected chi connectivity index (χ1v) is 11.9. The molecule has 0 aliphatic carbocycles. The van der Waals surface area contributed by atoms with Crippen LogP contribution in [-0.4, -0.2) is 48.1 Å². The highest BCUT2D eigenvalue weighted by molar-refractivity contribution is 5.94. The maximum absolute atomic E-state index is 13.3. The Morgan fingerprint density at radius 1 is 1.05 bits per heavy atom. The minimum atomic E-state index is -0.779. The summed E-state index contributed by atoms with van der Waals surface area (Å²) < 4.78 is 16.5. The van der Waals surface area contributed by atoms with Gasteiger partial charge in [-0.3, -0.25) is 14.9 Å². The lowest BCUT2D eigenvalue weighted by atomic mass is 9.94. The first-order valence-electron chi connectivity index (χ1n) is 11.9. The van der Waals surface area contributed by atoms with Crippen molar-refractivity contribution in [2.75, 3.05) is 20.3 Å². The molecule has 0 saturated carbocycles. The second-order valence-electron chi connectivity index (χ2n) is 8.79. The summed E-state index contributed by atoms with van der Waals surface area (Å²) >= 11 is 0. The lowest BCUT2D eigenvalue weighted by Gasteiger charge is -2.22. The zero-order chi connectivity index (χ0) is 26.2. The van der Waals surface area contributed by atoms with Crippen LogP contribution in [0.3, 0.4) is 0 Å². The molecule has 3 aromatic carbocycles. The average molecular weight is 505 g/mol. The fourth-order valence-corrected chi connectivity index (χ4v) is 4.37. The number of nitrogens with zero attached hydrogens (tertiary/aromatic N) is 2. The van der Waals surface area contributed by atoms with E-state index < -0.39 is 35.4 Å². The summed E-state index contributed by atoms with van der Waals surface area (Å²) in [6, 6.07) is 23.6. The van der Waals surface area contributed by atoms with Gasteiger partial charge in [0.2, 0.25) is 12.5 Å². The normalized spacial score (nSPS) is 15.6. The zero-order valence-electron chi connectivity index (χ0n) is 20.4. The van der Waals surface area contributed by atoms with Crippen molar-refractivity contribution in [3.05, 3.63) is 106 Å². The van der Waals surface area contributed by atoms with Crippen LogP contribution < -0.4 is 9.47 Å². The van der Waals surface area contributed by atoms with E-state index in [1.165, 1.54) is 7.11 Å². The predicted octanol–water partition coefficient (Wildman–Crippen LogP) is 4.61. The number of hydrogen-bond acceptors (Lipinski definition) is 7. The first-order chi connectivity index (χ1) is 17.9. The molecule has 1 saturated heterocycles. The highest BCUT2D eigenvalue weighted by Crippen LogP contribution is 2.33. The fraction of sp³-hybridized carbons (Fsp3) is 0.286. The van der Waals surface area contributed by atoms with Gasteiger partial charge in [0.1, 0.15) is 13.2 Å². The van der Waals surface area contributed by atoms with Gasteiger partial charge in [-0.25, -0.2) is 9.69 Å². The van der Waals surface area contributed by atoms with Crippen LogP contribution in [0.5, 0.6) is 11.5 Å². The van der Waals surface area contributed by atoms with Crippen molar-refractivity contribution in [2.24, 2.45) is 0 Å². The smallest absolute Gasteiger partial charge is 0.416 e. The molecular formula is C28H28N2O7. The van der Waals surface area contributed by atoms with Crippen molar-refractivity contribution in [3.8, 4) is 11.5 Å². The molecule has 1 fully saturated rings. The summed E-state index contributed by atoms with van der Waals surface area (Å²) in [5.74, 6) is -0.416. The van der Waals surface area contributed by atoms with E-state index in [-0.39, 0.29) is 19.6 Å².